The molecule has 0 aromatic heterocycles. The molecule has 1 N–H and O–H groups in total. The molecule has 3 nitrogen and oxygen atoms in total. The first-order chi connectivity index (χ1) is 8.70. The molecule has 0 fully saturated rings. The Morgan fingerprint density at radius 3 is 2.94 bits per heavy atom. The molecule has 0 saturated carbocycles. The number of rotatable bonds is 3. The molecule has 0 bridgehead atoms. The zero-order valence-electron chi connectivity index (χ0n) is 10.8. The zero-order chi connectivity index (χ0) is 13.0. The molecule has 1 amide bonds. The molecule has 1 aromatic rings. The molecule has 0 spiro atoms. The van der Waals surface area contributed by atoms with Crippen LogP contribution in [0.3, 0.4) is 0 Å². The van der Waals surface area contributed by atoms with Crippen molar-refractivity contribution < 1.29 is 4.79 Å². The minimum atomic E-state index is -0.0870. The molecule has 1 aliphatic heterocycles. The molecule has 0 radical (unpaired) electrons. The van der Waals surface area contributed by atoms with Crippen LogP contribution in [0.1, 0.15) is 18.1 Å². The highest BCUT2D eigenvalue weighted by Crippen LogP contribution is 2.28. The monoisotopic (exact) mass is 242 g/mol. The van der Waals surface area contributed by atoms with E-state index >= 15 is 0 Å². The van der Waals surface area contributed by atoms with Gasteiger partial charge in [-0.15, -0.1) is 0 Å². The summed E-state index contributed by atoms with van der Waals surface area (Å²) in [5.41, 5.74) is 3.45. The summed E-state index contributed by atoms with van der Waals surface area (Å²) in [4.78, 5) is 14.0. The first kappa shape index (κ1) is 12.6. The number of carbonyl (C=O) groups excluding carboxylic acids is 1. The van der Waals surface area contributed by atoms with Crippen LogP contribution in [0.25, 0.3) is 0 Å². The van der Waals surface area contributed by atoms with Crippen molar-refractivity contribution in [3.63, 3.8) is 0 Å². The number of benzene rings is 1. The summed E-state index contributed by atoms with van der Waals surface area (Å²) in [5.74, 6) is -0.0870. The summed E-state index contributed by atoms with van der Waals surface area (Å²) >= 11 is 0. The van der Waals surface area contributed by atoms with Crippen LogP contribution in [0.2, 0.25) is 0 Å². The molecule has 2 rings (SSSR count). The number of hydrogen-bond donors (Lipinski definition) is 1. The molecule has 3 heteroatoms. The van der Waals surface area contributed by atoms with Gasteiger partial charge in [-0.3, -0.25) is 9.69 Å². The van der Waals surface area contributed by atoms with Gasteiger partial charge in [0.05, 0.1) is 0 Å². The number of fused-ring (bicyclic) bond motifs is 1. The lowest BCUT2D eigenvalue weighted by atomic mass is 10.1. The van der Waals surface area contributed by atoms with Gasteiger partial charge >= 0.3 is 0 Å². The van der Waals surface area contributed by atoms with Crippen molar-refractivity contribution in [2.45, 2.75) is 20.0 Å². The summed E-state index contributed by atoms with van der Waals surface area (Å²) < 4.78 is 0. The summed E-state index contributed by atoms with van der Waals surface area (Å²) in [5, 5.41) is 2.94. The number of amides is 1. The molecular formula is C15H18N2O. The second-order valence-electron chi connectivity index (χ2n) is 4.49. The fraction of sp³-hybridized carbons (Fsp3) is 0.267. The average Bonchev–Trinajstić information content (AvgIpc) is 2.71. The Balaban J connectivity index is 2.11. The van der Waals surface area contributed by atoms with E-state index < -0.39 is 0 Å². The van der Waals surface area contributed by atoms with Gasteiger partial charge in [-0.05, 0) is 31.2 Å². The molecule has 0 atom stereocenters. The van der Waals surface area contributed by atoms with Crippen molar-refractivity contribution >= 4 is 11.6 Å². The van der Waals surface area contributed by atoms with Gasteiger partial charge < -0.3 is 5.32 Å². The van der Waals surface area contributed by atoms with Gasteiger partial charge in [0.25, 0.3) is 0 Å². The van der Waals surface area contributed by atoms with Gasteiger partial charge in [0.1, 0.15) is 0 Å². The van der Waals surface area contributed by atoms with Gasteiger partial charge in [0, 0.05) is 24.9 Å². The Morgan fingerprint density at radius 2 is 2.17 bits per heavy atom. The van der Waals surface area contributed by atoms with Gasteiger partial charge in [-0.2, -0.15) is 0 Å². The highest BCUT2D eigenvalue weighted by atomic mass is 16.1. The molecule has 1 aliphatic rings. The van der Waals surface area contributed by atoms with Crippen molar-refractivity contribution in [1.82, 2.24) is 4.90 Å². The lowest BCUT2D eigenvalue weighted by Gasteiger charge is -2.08. The second-order valence-corrected chi connectivity index (χ2v) is 4.49. The summed E-state index contributed by atoms with van der Waals surface area (Å²) in [6.07, 6.45) is 7.00. The van der Waals surface area contributed by atoms with Gasteiger partial charge in [0.2, 0.25) is 5.91 Å². The van der Waals surface area contributed by atoms with E-state index in [1.165, 1.54) is 17.2 Å². The summed E-state index contributed by atoms with van der Waals surface area (Å²) in [6.45, 7) is 3.76. The Bertz CT molecular complexity index is 503. The second kappa shape index (κ2) is 5.65. The van der Waals surface area contributed by atoms with Crippen LogP contribution >= 0.6 is 0 Å². The predicted octanol–water partition coefficient (Wildman–Crippen LogP) is 2.70. The lowest BCUT2D eigenvalue weighted by Crippen LogP contribution is -2.11. The van der Waals surface area contributed by atoms with Crippen LogP contribution in [-0.2, 0) is 17.9 Å². The van der Waals surface area contributed by atoms with E-state index in [0.717, 1.165) is 18.8 Å². The van der Waals surface area contributed by atoms with E-state index in [9.17, 15) is 4.79 Å². The molecule has 0 aliphatic carbocycles. The van der Waals surface area contributed by atoms with Gasteiger partial charge in [-0.1, -0.05) is 30.4 Å². The minimum Gasteiger partial charge on any atom is -0.322 e. The van der Waals surface area contributed by atoms with Gasteiger partial charge in [0.15, 0.2) is 0 Å². The van der Waals surface area contributed by atoms with Crippen LogP contribution in [0.15, 0.2) is 42.5 Å². The van der Waals surface area contributed by atoms with Crippen molar-refractivity contribution in [2.24, 2.45) is 0 Å². The molecule has 1 aromatic carbocycles. The molecule has 18 heavy (non-hydrogen) atoms. The zero-order valence-corrected chi connectivity index (χ0v) is 10.8. The van der Waals surface area contributed by atoms with Gasteiger partial charge in [-0.25, -0.2) is 0 Å². The Hall–Kier alpha value is -1.87. The first-order valence-corrected chi connectivity index (χ1v) is 6.10. The molecular weight excluding hydrogens is 224 g/mol. The predicted molar refractivity (Wildman–Crippen MR) is 74.2 cm³/mol. The summed E-state index contributed by atoms with van der Waals surface area (Å²) in [6, 6.07) is 6.06. The lowest BCUT2D eigenvalue weighted by molar-refractivity contribution is -0.111. The molecule has 1 heterocycles. The minimum absolute atomic E-state index is 0.0870. The Morgan fingerprint density at radius 1 is 1.33 bits per heavy atom. The quantitative estimate of drug-likeness (QED) is 0.653. The van der Waals surface area contributed by atoms with E-state index in [1.807, 2.05) is 31.2 Å². The number of allylic oxidation sites excluding steroid dienone is 3. The SMILES string of the molecule is C/C=C/C=C/C(=O)Nc1cccc2c1CN(C)C2. The third-order valence-electron chi connectivity index (χ3n) is 2.95. The van der Waals surface area contributed by atoms with Crippen molar-refractivity contribution in [3.8, 4) is 0 Å². The molecule has 0 unspecified atom stereocenters. The standard InChI is InChI=1S/C15H18N2O/c1-3-4-5-9-15(18)16-14-8-6-7-12-10-17(2)11-13(12)14/h3-9H,10-11H2,1-2H3,(H,16,18)/b4-3+,9-5+. The van der Waals surface area contributed by atoms with E-state index in [0.29, 0.717) is 0 Å². The first-order valence-electron chi connectivity index (χ1n) is 6.10. The number of anilines is 1. The number of hydrogen-bond acceptors (Lipinski definition) is 2. The maximum Gasteiger partial charge on any atom is 0.248 e. The topological polar surface area (TPSA) is 32.3 Å². The third-order valence-corrected chi connectivity index (χ3v) is 2.95. The maximum atomic E-state index is 11.7. The van der Waals surface area contributed by atoms with Crippen LogP contribution in [-0.4, -0.2) is 17.9 Å². The number of carbonyl (C=O) groups is 1. The fourth-order valence-corrected chi connectivity index (χ4v) is 2.13. The number of nitrogens with one attached hydrogen (secondary N) is 1. The van der Waals surface area contributed by atoms with Crippen molar-refractivity contribution in [3.05, 3.63) is 53.6 Å². The molecule has 94 valence electrons. The Labute approximate surface area is 108 Å². The number of nitrogens with zero attached hydrogens (tertiary/aromatic N) is 1. The van der Waals surface area contributed by atoms with Crippen LogP contribution in [0, 0.1) is 0 Å². The highest BCUT2D eigenvalue weighted by molar-refractivity contribution is 6.00. The van der Waals surface area contributed by atoms with Crippen molar-refractivity contribution in [1.29, 1.82) is 0 Å². The van der Waals surface area contributed by atoms with E-state index in [2.05, 4.69) is 23.3 Å². The largest absolute Gasteiger partial charge is 0.322 e. The van der Waals surface area contributed by atoms with Crippen LogP contribution < -0.4 is 5.32 Å². The average molecular weight is 242 g/mol. The van der Waals surface area contributed by atoms with E-state index in [4.69, 9.17) is 0 Å². The van der Waals surface area contributed by atoms with E-state index in [-0.39, 0.29) is 5.91 Å². The maximum absolute atomic E-state index is 11.7. The van der Waals surface area contributed by atoms with Crippen molar-refractivity contribution in [2.75, 3.05) is 12.4 Å². The third kappa shape index (κ3) is 2.87. The Kier molecular flexibility index (Phi) is 3.95. The van der Waals surface area contributed by atoms with E-state index in [1.54, 1.807) is 6.08 Å². The fourth-order valence-electron chi connectivity index (χ4n) is 2.13. The normalized spacial score (nSPS) is 15.4. The highest BCUT2D eigenvalue weighted by Gasteiger charge is 2.18. The smallest absolute Gasteiger partial charge is 0.248 e. The summed E-state index contributed by atoms with van der Waals surface area (Å²) in [7, 11) is 2.08. The van der Waals surface area contributed by atoms with Crippen LogP contribution in [0.5, 0.6) is 0 Å². The van der Waals surface area contributed by atoms with Crippen LogP contribution in [0.4, 0.5) is 5.69 Å². The molecule has 0 saturated heterocycles.